The fourth-order valence-corrected chi connectivity index (χ4v) is 6.60. The summed E-state index contributed by atoms with van der Waals surface area (Å²) in [5, 5.41) is 9.53. The molecule has 0 aliphatic heterocycles. The van der Waals surface area contributed by atoms with Gasteiger partial charge in [0.1, 0.15) is 6.29 Å². The van der Waals surface area contributed by atoms with Gasteiger partial charge in [-0.2, -0.15) is 5.26 Å². The van der Waals surface area contributed by atoms with Gasteiger partial charge in [-0.3, -0.25) is 4.79 Å². The lowest BCUT2D eigenvalue weighted by atomic mass is 9.50. The summed E-state index contributed by atoms with van der Waals surface area (Å²) in [4.78, 5) is 23.5. The lowest BCUT2D eigenvalue weighted by Gasteiger charge is -2.54. The van der Waals surface area contributed by atoms with Crippen LogP contribution in [-0.2, 0) is 9.59 Å². The molecule has 0 heterocycles. The van der Waals surface area contributed by atoms with Gasteiger partial charge in [0.05, 0.1) is 12.0 Å². The number of ketones is 1. The predicted octanol–water partition coefficient (Wildman–Crippen LogP) is 3.69. The SMILES string of the molecule is C[C@]12CC[C@H]3[C@@H](CC(C=O)C4=CC(=O)CC[C@@H]43)[C@@H]1CC[C@@H]2C#N. The van der Waals surface area contributed by atoms with E-state index in [-0.39, 0.29) is 23.0 Å². The van der Waals surface area contributed by atoms with E-state index in [1.165, 1.54) is 0 Å². The van der Waals surface area contributed by atoms with E-state index >= 15 is 0 Å². The fraction of sp³-hybridized carbons (Fsp3) is 0.750. The van der Waals surface area contributed by atoms with Gasteiger partial charge in [0.25, 0.3) is 0 Å². The zero-order valence-electron chi connectivity index (χ0n) is 13.8. The number of aldehydes is 1. The molecule has 3 saturated carbocycles. The molecule has 0 N–H and O–H groups in total. The maximum atomic E-state index is 11.8. The molecule has 0 amide bonds. The normalized spacial score (nSPS) is 48.5. The summed E-state index contributed by atoms with van der Waals surface area (Å²) < 4.78 is 0. The van der Waals surface area contributed by atoms with Crippen LogP contribution in [0.15, 0.2) is 11.6 Å². The number of allylic oxidation sites excluding steroid dienone is 1. The average molecular weight is 311 g/mol. The fourth-order valence-electron chi connectivity index (χ4n) is 6.60. The van der Waals surface area contributed by atoms with Crippen LogP contribution in [0.5, 0.6) is 0 Å². The van der Waals surface area contributed by atoms with Crippen molar-refractivity contribution in [3.05, 3.63) is 11.6 Å². The van der Waals surface area contributed by atoms with Crippen molar-refractivity contribution in [1.82, 2.24) is 0 Å². The third kappa shape index (κ3) is 2.07. The number of nitrogens with zero attached hydrogens (tertiary/aromatic N) is 1. The Kier molecular flexibility index (Phi) is 3.48. The van der Waals surface area contributed by atoms with Crippen LogP contribution in [0, 0.1) is 52.3 Å². The van der Waals surface area contributed by atoms with E-state index in [0.717, 1.165) is 50.4 Å². The van der Waals surface area contributed by atoms with E-state index in [0.29, 0.717) is 30.1 Å². The second-order valence-electron chi connectivity index (χ2n) is 8.47. The second kappa shape index (κ2) is 5.30. The number of carbonyl (C=O) groups excluding carboxylic acids is 2. The predicted molar refractivity (Wildman–Crippen MR) is 86.1 cm³/mol. The molecule has 3 heteroatoms. The number of fused-ring (bicyclic) bond motifs is 5. The van der Waals surface area contributed by atoms with Crippen molar-refractivity contribution < 1.29 is 9.59 Å². The maximum Gasteiger partial charge on any atom is 0.155 e. The van der Waals surface area contributed by atoms with Crippen molar-refractivity contribution in [2.45, 2.75) is 51.9 Å². The first-order chi connectivity index (χ1) is 11.1. The summed E-state index contributed by atoms with van der Waals surface area (Å²) in [6.45, 7) is 2.32. The monoisotopic (exact) mass is 311 g/mol. The molecule has 0 bridgehead atoms. The molecule has 4 rings (SSSR count). The number of nitriles is 1. The highest BCUT2D eigenvalue weighted by Gasteiger charge is 2.57. The lowest BCUT2D eigenvalue weighted by Crippen LogP contribution is -2.48. The van der Waals surface area contributed by atoms with Crippen molar-refractivity contribution in [2.75, 3.05) is 0 Å². The molecule has 0 saturated heterocycles. The third-order valence-electron chi connectivity index (χ3n) is 7.74. The topological polar surface area (TPSA) is 57.9 Å². The number of carbonyl (C=O) groups is 2. The van der Waals surface area contributed by atoms with Crippen molar-refractivity contribution in [3.8, 4) is 6.07 Å². The minimum absolute atomic E-state index is 0.0611. The molecule has 0 aromatic carbocycles. The molecule has 3 fully saturated rings. The zero-order chi connectivity index (χ0) is 16.2. The van der Waals surface area contributed by atoms with Crippen LogP contribution in [0.4, 0.5) is 0 Å². The van der Waals surface area contributed by atoms with Crippen LogP contribution in [0.2, 0.25) is 0 Å². The quantitative estimate of drug-likeness (QED) is 0.694. The van der Waals surface area contributed by atoms with Crippen LogP contribution in [0.25, 0.3) is 0 Å². The van der Waals surface area contributed by atoms with Gasteiger partial charge in [-0.25, -0.2) is 0 Å². The summed E-state index contributed by atoms with van der Waals surface area (Å²) in [6, 6.07) is 2.56. The van der Waals surface area contributed by atoms with Crippen LogP contribution in [-0.4, -0.2) is 12.1 Å². The van der Waals surface area contributed by atoms with E-state index in [1.54, 1.807) is 6.08 Å². The molecule has 7 atom stereocenters. The summed E-state index contributed by atoms with van der Waals surface area (Å²) in [5.74, 6) is 2.55. The molecule has 4 aliphatic rings. The third-order valence-corrected chi connectivity index (χ3v) is 7.74. The second-order valence-corrected chi connectivity index (χ2v) is 8.47. The first kappa shape index (κ1) is 15.1. The summed E-state index contributed by atoms with van der Waals surface area (Å²) in [5.41, 5.74) is 1.28. The maximum absolute atomic E-state index is 11.8. The number of hydrogen-bond donors (Lipinski definition) is 0. The van der Waals surface area contributed by atoms with Gasteiger partial charge in [-0.15, -0.1) is 0 Å². The zero-order valence-corrected chi connectivity index (χ0v) is 13.8. The smallest absolute Gasteiger partial charge is 0.155 e. The Morgan fingerprint density at radius 2 is 2.09 bits per heavy atom. The highest BCUT2D eigenvalue weighted by molar-refractivity contribution is 5.92. The van der Waals surface area contributed by atoms with Gasteiger partial charge in [0, 0.05) is 12.3 Å². The van der Waals surface area contributed by atoms with Crippen LogP contribution < -0.4 is 0 Å². The largest absolute Gasteiger partial charge is 0.303 e. The molecule has 122 valence electrons. The Balaban J connectivity index is 1.69. The summed E-state index contributed by atoms with van der Waals surface area (Å²) >= 11 is 0. The van der Waals surface area contributed by atoms with E-state index in [1.807, 2.05) is 0 Å². The van der Waals surface area contributed by atoms with Gasteiger partial charge in [0.15, 0.2) is 5.78 Å². The molecule has 0 radical (unpaired) electrons. The Hall–Kier alpha value is -1.43. The summed E-state index contributed by atoms with van der Waals surface area (Å²) in [6.07, 6.45) is 9.83. The number of rotatable bonds is 1. The first-order valence-corrected chi connectivity index (χ1v) is 9.17. The van der Waals surface area contributed by atoms with Gasteiger partial charge in [0.2, 0.25) is 0 Å². The molecule has 3 nitrogen and oxygen atoms in total. The van der Waals surface area contributed by atoms with Gasteiger partial charge >= 0.3 is 0 Å². The van der Waals surface area contributed by atoms with E-state index in [4.69, 9.17) is 0 Å². The first-order valence-electron chi connectivity index (χ1n) is 9.17. The standard InChI is InChI=1S/C20H25NO2/c1-20-7-6-16-15-4-3-14(23)9-17(15)12(11-22)8-18(16)19(20)5-2-13(20)10-21/h9,11-13,15-16,18-19H,2-8H2,1H3/t12?,13-,15-,16-,18-,19+,20-/m1/s1. The van der Waals surface area contributed by atoms with Gasteiger partial charge in [-0.1, -0.05) is 12.5 Å². The van der Waals surface area contributed by atoms with Crippen molar-refractivity contribution in [1.29, 1.82) is 5.26 Å². The Morgan fingerprint density at radius 3 is 2.83 bits per heavy atom. The molecule has 0 aromatic rings. The highest BCUT2D eigenvalue weighted by Crippen LogP contribution is 2.64. The highest BCUT2D eigenvalue weighted by atomic mass is 16.1. The van der Waals surface area contributed by atoms with Crippen molar-refractivity contribution in [2.24, 2.45) is 40.9 Å². The van der Waals surface area contributed by atoms with Gasteiger partial charge < -0.3 is 4.79 Å². The molecule has 4 aliphatic carbocycles. The van der Waals surface area contributed by atoms with Crippen LogP contribution in [0.3, 0.4) is 0 Å². The minimum atomic E-state index is -0.0611. The molecular formula is C20H25NO2. The molecule has 23 heavy (non-hydrogen) atoms. The van der Waals surface area contributed by atoms with Crippen LogP contribution in [0.1, 0.15) is 51.9 Å². The van der Waals surface area contributed by atoms with Crippen LogP contribution >= 0.6 is 0 Å². The lowest BCUT2D eigenvalue weighted by molar-refractivity contribution is -0.117. The molecule has 1 unspecified atom stereocenters. The van der Waals surface area contributed by atoms with E-state index in [9.17, 15) is 14.9 Å². The van der Waals surface area contributed by atoms with E-state index in [2.05, 4.69) is 13.0 Å². The van der Waals surface area contributed by atoms with Crippen molar-refractivity contribution >= 4 is 12.1 Å². The Bertz CT molecular complexity index is 616. The minimum Gasteiger partial charge on any atom is -0.303 e. The van der Waals surface area contributed by atoms with E-state index < -0.39 is 0 Å². The van der Waals surface area contributed by atoms with Crippen molar-refractivity contribution in [3.63, 3.8) is 0 Å². The average Bonchev–Trinajstić information content (AvgIpc) is 2.90. The molecule has 0 aromatic heterocycles. The number of hydrogen-bond acceptors (Lipinski definition) is 3. The Morgan fingerprint density at radius 1 is 1.26 bits per heavy atom. The summed E-state index contributed by atoms with van der Waals surface area (Å²) in [7, 11) is 0. The Labute approximate surface area is 138 Å². The molecule has 0 spiro atoms. The molecular weight excluding hydrogens is 286 g/mol. The van der Waals surface area contributed by atoms with Gasteiger partial charge in [-0.05, 0) is 73.7 Å².